The van der Waals surface area contributed by atoms with Gasteiger partial charge in [-0.3, -0.25) is 9.59 Å². The van der Waals surface area contributed by atoms with Crippen molar-refractivity contribution in [2.24, 2.45) is 5.73 Å². The van der Waals surface area contributed by atoms with Crippen LogP contribution in [0.15, 0.2) is 18.2 Å². The van der Waals surface area contributed by atoms with E-state index in [-0.39, 0.29) is 18.6 Å². The number of carboxylic acids is 1. The van der Waals surface area contributed by atoms with Crippen LogP contribution in [0, 0.1) is 5.82 Å². The van der Waals surface area contributed by atoms with E-state index in [0.29, 0.717) is 5.69 Å². The molecule has 104 valence electrons. The van der Waals surface area contributed by atoms with Crippen LogP contribution in [0.5, 0.6) is 5.75 Å². The quantitative estimate of drug-likeness (QED) is 0.714. The lowest BCUT2D eigenvalue weighted by atomic mass is 10.1. The third kappa shape index (κ3) is 4.55. The minimum atomic E-state index is -1.02. The normalized spacial score (nSPS) is 11.7. The molecule has 1 aromatic carbocycles. The number of amides is 1. The molecule has 0 fully saturated rings. The zero-order chi connectivity index (χ0) is 14.4. The number of carbonyl (C=O) groups excluding carboxylic acids is 1. The number of halogens is 1. The summed E-state index contributed by atoms with van der Waals surface area (Å²) in [5.41, 5.74) is 5.86. The van der Waals surface area contributed by atoms with Gasteiger partial charge in [-0.25, -0.2) is 4.39 Å². The van der Waals surface area contributed by atoms with Crippen LogP contribution in [0.2, 0.25) is 0 Å². The monoisotopic (exact) mass is 270 g/mol. The van der Waals surface area contributed by atoms with E-state index < -0.39 is 23.7 Å². The van der Waals surface area contributed by atoms with Crippen molar-refractivity contribution in [2.75, 3.05) is 12.4 Å². The third-order valence-corrected chi connectivity index (χ3v) is 2.42. The molecule has 1 unspecified atom stereocenters. The standard InChI is InChI=1S/C12H15FN2O4/c1-19-10-6-7(2-3-8(10)13)15-12(18)9(14)4-5-11(16)17/h2-3,6,9H,4-5,14H2,1H3,(H,15,18)(H,16,17). The molecule has 0 heterocycles. The fraction of sp³-hybridized carbons (Fsp3) is 0.333. The van der Waals surface area contributed by atoms with Gasteiger partial charge in [-0.15, -0.1) is 0 Å². The van der Waals surface area contributed by atoms with Crippen molar-refractivity contribution in [3.8, 4) is 5.75 Å². The Kier molecular flexibility index (Phi) is 5.25. The minimum absolute atomic E-state index is 0.00286. The molecule has 0 saturated carbocycles. The number of ether oxygens (including phenoxy) is 1. The SMILES string of the molecule is COc1cc(NC(=O)C(N)CCC(=O)O)ccc1F. The Balaban J connectivity index is 2.63. The number of nitrogens with two attached hydrogens (primary N) is 1. The highest BCUT2D eigenvalue weighted by Gasteiger charge is 2.15. The Morgan fingerprint density at radius 3 is 2.79 bits per heavy atom. The second kappa shape index (κ2) is 6.69. The maximum absolute atomic E-state index is 13.1. The van der Waals surface area contributed by atoms with Gasteiger partial charge < -0.3 is 20.9 Å². The Morgan fingerprint density at radius 1 is 1.53 bits per heavy atom. The largest absolute Gasteiger partial charge is 0.494 e. The van der Waals surface area contributed by atoms with Crippen molar-refractivity contribution in [1.29, 1.82) is 0 Å². The Labute approximate surface area is 109 Å². The predicted molar refractivity (Wildman–Crippen MR) is 66.4 cm³/mol. The van der Waals surface area contributed by atoms with Crippen LogP contribution >= 0.6 is 0 Å². The summed E-state index contributed by atoms with van der Waals surface area (Å²) in [4.78, 5) is 22.0. The van der Waals surface area contributed by atoms with Crippen molar-refractivity contribution >= 4 is 17.6 Å². The number of nitrogens with one attached hydrogen (secondary N) is 1. The molecule has 0 aromatic heterocycles. The van der Waals surface area contributed by atoms with Gasteiger partial charge in [0.15, 0.2) is 11.6 Å². The van der Waals surface area contributed by atoms with Crippen LogP contribution in [0.25, 0.3) is 0 Å². The summed E-state index contributed by atoms with van der Waals surface area (Å²) in [6.45, 7) is 0. The van der Waals surface area contributed by atoms with Gasteiger partial charge in [0.1, 0.15) is 0 Å². The number of hydrogen-bond donors (Lipinski definition) is 3. The smallest absolute Gasteiger partial charge is 0.303 e. The first-order chi connectivity index (χ1) is 8.93. The van der Waals surface area contributed by atoms with E-state index in [1.165, 1.54) is 19.2 Å². The molecule has 0 radical (unpaired) electrons. The molecule has 4 N–H and O–H groups in total. The van der Waals surface area contributed by atoms with Gasteiger partial charge in [0.05, 0.1) is 13.2 Å². The van der Waals surface area contributed by atoms with Crippen LogP contribution in [0.3, 0.4) is 0 Å². The summed E-state index contributed by atoms with van der Waals surface area (Å²) >= 11 is 0. The highest BCUT2D eigenvalue weighted by atomic mass is 19.1. The van der Waals surface area contributed by atoms with E-state index >= 15 is 0 Å². The average Bonchev–Trinajstić information content (AvgIpc) is 2.37. The zero-order valence-corrected chi connectivity index (χ0v) is 10.4. The average molecular weight is 270 g/mol. The van der Waals surface area contributed by atoms with Gasteiger partial charge in [0, 0.05) is 18.2 Å². The maximum atomic E-state index is 13.1. The zero-order valence-electron chi connectivity index (χ0n) is 10.4. The Bertz CT molecular complexity index is 479. The van der Waals surface area contributed by atoms with Crippen LogP contribution in [0.4, 0.5) is 10.1 Å². The number of carboxylic acid groups (broad SMARTS) is 1. The number of anilines is 1. The van der Waals surface area contributed by atoms with Gasteiger partial charge in [0.2, 0.25) is 5.91 Å². The molecular formula is C12H15FN2O4. The lowest BCUT2D eigenvalue weighted by Gasteiger charge is -2.12. The van der Waals surface area contributed by atoms with E-state index in [9.17, 15) is 14.0 Å². The summed E-state index contributed by atoms with van der Waals surface area (Å²) in [6.07, 6.45) is -0.166. The van der Waals surface area contributed by atoms with Crippen molar-refractivity contribution in [3.05, 3.63) is 24.0 Å². The van der Waals surface area contributed by atoms with Crippen LogP contribution in [-0.4, -0.2) is 30.1 Å². The van der Waals surface area contributed by atoms with E-state index in [2.05, 4.69) is 5.32 Å². The summed E-state index contributed by atoms with van der Waals surface area (Å²) in [5, 5.41) is 11.0. The lowest BCUT2D eigenvalue weighted by Crippen LogP contribution is -2.36. The number of aliphatic carboxylic acids is 1. The number of methoxy groups -OCH3 is 1. The summed E-state index contributed by atoms with van der Waals surface area (Å²) in [7, 11) is 1.31. The predicted octanol–water partition coefficient (Wildman–Crippen LogP) is 0.965. The first kappa shape index (κ1) is 14.9. The molecule has 19 heavy (non-hydrogen) atoms. The second-order valence-electron chi connectivity index (χ2n) is 3.88. The molecule has 7 heteroatoms. The Morgan fingerprint density at radius 2 is 2.21 bits per heavy atom. The molecule has 1 aromatic rings. The molecule has 6 nitrogen and oxygen atoms in total. The molecule has 1 amide bonds. The molecule has 0 aliphatic rings. The van der Waals surface area contributed by atoms with Crippen molar-refractivity contribution in [3.63, 3.8) is 0 Å². The van der Waals surface area contributed by atoms with Crippen LogP contribution in [-0.2, 0) is 9.59 Å². The summed E-state index contributed by atoms with van der Waals surface area (Å²) in [6, 6.07) is 2.89. The first-order valence-electron chi connectivity index (χ1n) is 5.56. The molecule has 0 spiro atoms. The molecule has 0 bridgehead atoms. The van der Waals surface area contributed by atoms with E-state index in [0.717, 1.165) is 6.07 Å². The molecule has 0 aliphatic heterocycles. The lowest BCUT2D eigenvalue weighted by molar-refractivity contribution is -0.137. The van der Waals surface area contributed by atoms with Crippen molar-refractivity contribution in [1.82, 2.24) is 0 Å². The highest BCUT2D eigenvalue weighted by molar-refractivity contribution is 5.95. The molecule has 0 saturated heterocycles. The van der Waals surface area contributed by atoms with Crippen LogP contribution < -0.4 is 15.8 Å². The van der Waals surface area contributed by atoms with E-state index in [1.807, 2.05) is 0 Å². The minimum Gasteiger partial charge on any atom is -0.494 e. The first-order valence-corrected chi connectivity index (χ1v) is 5.56. The number of rotatable bonds is 6. The summed E-state index contributed by atoms with van der Waals surface area (Å²) < 4.78 is 17.9. The van der Waals surface area contributed by atoms with Gasteiger partial charge in [-0.05, 0) is 18.6 Å². The van der Waals surface area contributed by atoms with Gasteiger partial charge in [-0.2, -0.15) is 0 Å². The van der Waals surface area contributed by atoms with Crippen LogP contribution in [0.1, 0.15) is 12.8 Å². The van der Waals surface area contributed by atoms with Crippen molar-refractivity contribution in [2.45, 2.75) is 18.9 Å². The summed E-state index contributed by atoms with van der Waals surface area (Å²) in [5.74, 6) is -2.10. The number of hydrogen-bond acceptors (Lipinski definition) is 4. The van der Waals surface area contributed by atoms with Gasteiger partial charge in [-0.1, -0.05) is 0 Å². The second-order valence-corrected chi connectivity index (χ2v) is 3.88. The number of carbonyl (C=O) groups is 2. The van der Waals surface area contributed by atoms with E-state index in [1.54, 1.807) is 0 Å². The molecular weight excluding hydrogens is 255 g/mol. The number of benzene rings is 1. The molecule has 1 atom stereocenters. The fourth-order valence-corrected chi connectivity index (χ4v) is 1.38. The Hall–Kier alpha value is -2.15. The molecule has 1 rings (SSSR count). The molecule has 0 aliphatic carbocycles. The maximum Gasteiger partial charge on any atom is 0.303 e. The topological polar surface area (TPSA) is 102 Å². The van der Waals surface area contributed by atoms with E-state index in [4.69, 9.17) is 15.6 Å². The highest BCUT2D eigenvalue weighted by Crippen LogP contribution is 2.21. The third-order valence-electron chi connectivity index (χ3n) is 2.42. The van der Waals surface area contributed by atoms with Crippen molar-refractivity contribution < 1.29 is 23.8 Å². The van der Waals surface area contributed by atoms with Gasteiger partial charge in [0.25, 0.3) is 0 Å². The van der Waals surface area contributed by atoms with Gasteiger partial charge >= 0.3 is 5.97 Å². The fourth-order valence-electron chi connectivity index (χ4n) is 1.38.